The monoisotopic (exact) mass is 742 g/mol. The van der Waals surface area contributed by atoms with Gasteiger partial charge < -0.3 is 45.5 Å². The fourth-order valence-corrected chi connectivity index (χ4v) is 3.69. The van der Waals surface area contributed by atoms with Crippen molar-refractivity contribution in [2.24, 2.45) is 0 Å². The van der Waals surface area contributed by atoms with Gasteiger partial charge in [-0.1, -0.05) is 120 Å². The van der Waals surface area contributed by atoms with Crippen molar-refractivity contribution in [2.45, 2.75) is 178 Å². The molecular weight excluding hydrogens is 684 g/mol. The first-order chi connectivity index (χ1) is 16.5. The van der Waals surface area contributed by atoms with Crippen molar-refractivity contribution in [3.63, 3.8) is 0 Å². The fourth-order valence-electron chi connectivity index (χ4n) is 3.69. The quantitative estimate of drug-likeness (QED) is 0.0461. The first-order valence-electron chi connectivity index (χ1n) is 14.8. The van der Waals surface area contributed by atoms with Crippen LogP contribution in [-0.2, 0) is 82.5 Å². The van der Waals surface area contributed by atoms with Crippen molar-refractivity contribution in [1.82, 2.24) is 0 Å². The van der Waals surface area contributed by atoms with E-state index in [1.807, 2.05) is 0 Å². The molecule has 0 saturated heterocycles. The van der Waals surface area contributed by atoms with Crippen molar-refractivity contribution in [1.29, 1.82) is 0 Å². The Morgan fingerprint density at radius 1 is 0.474 bits per heavy atom. The van der Waals surface area contributed by atoms with E-state index in [1.54, 1.807) is 17.8 Å². The third kappa shape index (κ3) is 62.4. The third-order valence-corrected chi connectivity index (χ3v) is 6.40. The van der Waals surface area contributed by atoms with E-state index < -0.39 is 5.69 Å². The second-order valence-corrected chi connectivity index (χ2v) is 13.7. The molecule has 0 rings (SSSR count). The van der Waals surface area contributed by atoms with Crippen LogP contribution in [-0.4, -0.2) is 0 Å². The van der Waals surface area contributed by atoms with Crippen LogP contribution in [0.25, 0.3) is 0 Å². The van der Waals surface area contributed by atoms with Gasteiger partial charge in [0, 0.05) is 0 Å². The van der Waals surface area contributed by atoms with Crippen molar-refractivity contribution in [3.05, 3.63) is 17.8 Å². The molecule has 0 amide bonds. The topological polar surface area (TPSA) is 46.1 Å². The molecule has 0 aliphatic heterocycles. The summed E-state index contributed by atoms with van der Waals surface area (Å²) in [6, 6.07) is 0. The maximum Gasteiger partial charge on any atom is 2.00 e. The second-order valence-electron chi connectivity index (χ2n) is 9.19. The Morgan fingerprint density at radius 3 is 0.737 bits per heavy atom. The summed E-state index contributed by atoms with van der Waals surface area (Å²) in [5.41, 5.74) is -3.72. The number of unbranched alkanes of at least 4 members (excludes halogenated alkanes) is 6. The zero-order valence-electron chi connectivity index (χ0n) is 27.4. The van der Waals surface area contributed by atoms with Crippen molar-refractivity contribution >= 4 is 29.7 Å². The average molecular weight is 747 g/mol. The zero-order valence-corrected chi connectivity index (χ0v) is 38.9. The summed E-state index contributed by atoms with van der Waals surface area (Å²) in [5, 5.41) is 0. The van der Waals surface area contributed by atoms with Crippen LogP contribution in [0.2, 0.25) is 0 Å². The minimum absolute atomic E-state index is 0. The average Bonchev–Trinajstić information content (AvgIpc) is 2.82. The molecule has 0 aliphatic rings. The van der Waals surface area contributed by atoms with Crippen LogP contribution in [0.4, 0.5) is 0 Å². The molecule has 38 heavy (non-hydrogen) atoms. The standard InChI is InChI=1S/3C10H21.H3O2PS2.3Zn/c3*1-4-7-8-9-10(5-2)6-3;1-3(2,4)5;;;/h3*4-9H2,1-3H3;(H3,1,2,4,5);;;/q3*-1;;3*+2/p-3. The molecule has 0 saturated carbocycles. The summed E-state index contributed by atoms with van der Waals surface area (Å²) in [4.78, 5) is 18.6. The van der Waals surface area contributed by atoms with Crippen LogP contribution in [0.5, 0.6) is 0 Å². The van der Waals surface area contributed by atoms with Crippen LogP contribution in [0.1, 0.15) is 178 Å². The van der Waals surface area contributed by atoms with Crippen LogP contribution in [0.3, 0.4) is 0 Å². The van der Waals surface area contributed by atoms with Gasteiger partial charge in [0.05, 0.1) is 0 Å². The Balaban J connectivity index is -0.0000000673. The molecule has 0 aromatic carbocycles. The SMILES string of the molecule is CCCCC[C-](CC)CC.CCCCC[C-](CC)CC.CCCCC[C-](CC)CC.[O-]P([O-])(=S)[S-].[Zn+2].[Zn+2].[Zn+2]. The van der Waals surface area contributed by atoms with Crippen LogP contribution in [0, 0.1) is 17.8 Å². The molecule has 0 aliphatic carbocycles. The van der Waals surface area contributed by atoms with E-state index in [4.69, 9.17) is 0 Å². The summed E-state index contributed by atoms with van der Waals surface area (Å²) in [6.07, 6.45) is 24.4. The molecule has 0 spiro atoms. The predicted molar refractivity (Wildman–Crippen MR) is 166 cm³/mol. The Labute approximate surface area is 291 Å². The van der Waals surface area contributed by atoms with Crippen LogP contribution >= 0.6 is 5.69 Å². The van der Waals surface area contributed by atoms with Crippen molar-refractivity contribution < 1.29 is 68.2 Å². The Morgan fingerprint density at radius 2 is 0.632 bits per heavy atom. The molecule has 8 heteroatoms. The van der Waals surface area contributed by atoms with Gasteiger partial charge >= 0.3 is 58.4 Å². The van der Waals surface area contributed by atoms with Gasteiger partial charge in [-0.25, -0.2) is 0 Å². The minimum Gasteiger partial charge on any atom is -0.850 e. The molecule has 0 fully saturated rings. The van der Waals surface area contributed by atoms with Gasteiger partial charge in [-0.3, -0.25) is 0 Å². The molecular formula is C30H63O2PS2Zn3. The Kier molecular flexibility index (Phi) is 69.6. The first-order valence-corrected chi connectivity index (χ1v) is 18.4. The molecule has 0 radical (unpaired) electrons. The summed E-state index contributed by atoms with van der Waals surface area (Å²) in [5.74, 6) is 5.23. The summed E-state index contributed by atoms with van der Waals surface area (Å²) < 4.78 is 0. The smallest absolute Gasteiger partial charge is 0.850 e. The molecule has 0 atom stereocenters. The molecule has 0 N–H and O–H groups in total. The van der Waals surface area contributed by atoms with Gasteiger partial charge in [0.15, 0.2) is 0 Å². The van der Waals surface area contributed by atoms with E-state index in [2.05, 4.69) is 86.4 Å². The second kappa shape index (κ2) is 46.7. The molecule has 218 valence electrons. The Bertz CT molecular complexity index is 354. The van der Waals surface area contributed by atoms with Gasteiger partial charge in [0.25, 0.3) is 0 Å². The van der Waals surface area contributed by atoms with Gasteiger partial charge in [0.2, 0.25) is 0 Å². The molecule has 0 bridgehead atoms. The van der Waals surface area contributed by atoms with E-state index >= 15 is 0 Å². The number of hydrogen-bond acceptors (Lipinski definition) is 4. The molecule has 0 unspecified atom stereocenters. The molecule has 0 aromatic rings. The predicted octanol–water partition coefficient (Wildman–Crippen LogP) is 10.4. The molecule has 0 heterocycles. The van der Waals surface area contributed by atoms with Gasteiger partial charge in [-0.15, -0.1) is 0 Å². The summed E-state index contributed by atoms with van der Waals surface area (Å²) in [6.45, 7) is 20.4. The fraction of sp³-hybridized carbons (Fsp3) is 0.900. The van der Waals surface area contributed by atoms with Crippen molar-refractivity contribution in [2.75, 3.05) is 0 Å². The Hall–Kier alpha value is 2.79. The molecule has 0 aromatic heterocycles. The molecule has 2 nitrogen and oxygen atoms in total. The maximum atomic E-state index is 9.29. The zero-order chi connectivity index (χ0) is 28.0. The van der Waals surface area contributed by atoms with Gasteiger partial charge in [-0.05, 0) is 0 Å². The number of hydrogen-bond donors (Lipinski definition) is 0. The third-order valence-electron chi connectivity index (χ3n) is 6.40. The summed E-state index contributed by atoms with van der Waals surface area (Å²) >= 11 is 7.28. The van der Waals surface area contributed by atoms with E-state index in [0.717, 1.165) is 0 Å². The first kappa shape index (κ1) is 56.6. The number of rotatable bonds is 18. The summed E-state index contributed by atoms with van der Waals surface area (Å²) in [7, 11) is 0. The van der Waals surface area contributed by atoms with Crippen LogP contribution in [0.15, 0.2) is 0 Å². The van der Waals surface area contributed by atoms with Gasteiger partial charge in [0.1, 0.15) is 0 Å². The largest absolute Gasteiger partial charge is 2.00 e. The van der Waals surface area contributed by atoms with Crippen LogP contribution < -0.4 is 9.79 Å². The van der Waals surface area contributed by atoms with Crippen molar-refractivity contribution in [3.8, 4) is 0 Å². The van der Waals surface area contributed by atoms with E-state index in [1.165, 1.54) is 116 Å². The normalized spacial score (nSPS) is 10.1. The van der Waals surface area contributed by atoms with E-state index in [-0.39, 0.29) is 58.4 Å². The van der Waals surface area contributed by atoms with Gasteiger partial charge in [-0.2, -0.15) is 69.6 Å². The minimum atomic E-state index is -3.72. The van der Waals surface area contributed by atoms with E-state index in [9.17, 15) is 9.79 Å². The maximum absolute atomic E-state index is 9.29. The van der Waals surface area contributed by atoms with E-state index in [0.29, 0.717) is 0 Å².